The van der Waals surface area contributed by atoms with Crippen molar-refractivity contribution in [2.24, 2.45) is 10.2 Å². The molecule has 4 aliphatic rings. The standard InChI is InChI=1S/C24H29N3O3/c1-3-4-10-24(25-26-24)11-7-22(28)27-16-23(8-5-6-9-23)19-15-21-20(29-12-13-30-21)14-18(19)17(27)2/h1,14-15,17H,4-13,16H2,2H3. The Morgan fingerprint density at radius 2 is 1.90 bits per heavy atom. The van der Waals surface area contributed by atoms with Gasteiger partial charge in [-0.25, -0.2) is 0 Å². The molecule has 6 nitrogen and oxygen atoms in total. The van der Waals surface area contributed by atoms with Gasteiger partial charge >= 0.3 is 0 Å². The van der Waals surface area contributed by atoms with E-state index in [1.807, 2.05) is 0 Å². The summed E-state index contributed by atoms with van der Waals surface area (Å²) >= 11 is 0. The quantitative estimate of drug-likeness (QED) is 0.674. The molecule has 0 saturated heterocycles. The zero-order valence-electron chi connectivity index (χ0n) is 17.7. The van der Waals surface area contributed by atoms with E-state index in [0.29, 0.717) is 32.5 Å². The lowest BCUT2D eigenvalue weighted by Gasteiger charge is -2.46. The second-order valence-electron chi connectivity index (χ2n) is 9.15. The minimum atomic E-state index is -0.408. The fourth-order valence-electron chi connectivity index (χ4n) is 5.53. The van der Waals surface area contributed by atoms with Gasteiger partial charge in [-0.15, -0.1) is 12.3 Å². The van der Waals surface area contributed by atoms with Crippen molar-refractivity contribution in [1.82, 2.24) is 4.90 Å². The Labute approximate surface area is 178 Å². The van der Waals surface area contributed by atoms with Crippen LogP contribution in [0, 0.1) is 12.3 Å². The molecule has 158 valence electrons. The van der Waals surface area contributed by atoms with Gasteiger partial charge in [0.15, 0.2) is 17.2 Å². The Balaban J connectivity index is 1.40. The highest BCUT2D eigenvalue weighted by molar-refractivity contribution is 5.78. The average molecular weight is 408 g/mol. The molecule has 1 unspecified atom stereocenters. The maximum Gasteiger partial charge on any atom is 0.223 e. The molecular weight excluding hydrogens is 378 g/mol. The number of ether oxygens (including phenoxy) is 2. The van der Waals surface area contributed by atoms with Crippen LogP contribution in [0.3, 0.4) is 0 Å². The van der Waals surface area contributed by atoms with Gasteiger partial charge in [-0.1, -0.05) is 12.8 Å². The summed E-state index contributed by atoms with van der Waals surface area (Å²) in [6, 6.07) is 4.34. The number of terminal acetylenes is 1. The molecule has 1 aromatic carbocycles. The van der Waals surface area contributed by atoms with Gasteiger partial charge in [-0.3, -0.25) is 4.79 Å². The lowest BCUT2D eigenvalue weighted by atomic mass is 9.71. The van der Waals surface area contributed by atoms with Gasteiger partial charge in [-0.05, 0) is 43.0 Å². The monoisotopic (exact) mass is 407 g/mol. The highest BCUT2D eigenvalue weighted by Crippen LogP contribution is 2.52. The predicted molar refractivity (Wildman–Crippen MR) is 113 cm³/mol. The number of rotatable bonds is 5. The van der Waals surface area contributed by atoms with Gasteiger partial charge in [0.2, 0.25) is 5.91 Å². The SMILES string of the molecule is C#CCCC1(CCC(=O)N2CC3(CCCC3)c3cc4c(cc3C2C)OCCO4)N=N1. The van der Waals surface area contributed by atoms with Crippen LogP contribution in [-0.2, 0) is 10.2 Å². The number of carbonyl (C=O) groups excluding carboxylic acids is 1. The molecule has 1 saturated carbocycles. The molecular formula is C24H29N3O3. The van der Waals surface area contributed by atoms with Crippen LogP contribution >= 0.6 is 0 Å². The first-order valence-electron chi connectivity index (χ1n) is 11.2. The number of nitrogens with zero attached hydrogens (tertiary/aromatic N) is 3. The smallest absolute Gasteiger partial charge is 0.223 e. The van der Waals surface area contributed by atoms with Crippen LogP contribution in [0.1, 0.15) is 75.5 Å². The molecule has 1 aliphatic carbocycles. The van der Waals surface area contributed by atoms with Crippen LogP contribution in [0.5, 0.6) is 11.5 Å². The molecule has 0 bridgehead atoms. The number of hydrogen-bond acceptors (Lipinski definition) is 5. The summed E-state index contributed by atoms with van der Waals surface area (Å²) in [6.07, 6.45) is 12.5. The molecule has 0 radical (unpaired) electrons. The van der Waals surface area contributed by atoms with Crippen molar-refractivity contribution in [3.63, 3.8) is 0 Å². The van der Waals surface area contributed by atoms with E-state index in [2.05, 4.69) is 40.1 Å². The third kappa shape index (κ3) is 3.25. The average Bonchev–Trinajstić information content (AvgIpc) is 3.39. The highest BCUT2D eigenvalue weighted by Gasteiger charge is 2.47. The zero-order chi connectivity index (χ0) is 20.8. The topological polar surface area (TPSA) is 63.5 Å². The van der Waals surface area contributed by atoms with E-state index < -0.39 is 5.66 Å². The summed E-state index contributed by atoms with van der Waals surface area (Å²) in [6.45, 7) is 4.08. The van der Waals surface area contributed by atoms with Crippen molar-refractivity contribution in [3.8, 4) is 23.8 Å². The van der Waals surface area contributed by atoms with Gasteiger partial charge < -0.3 is 14.4 Å². The molecule has 5 rings (SSSR count). The number of fused-ring (bicyclic) bond motifs is 3. The van der Waals surface area contributed by atoms with Gasteiger partial charge in [-0.2, -0.15) is 10.2 Å². The van der Waals surface area contributed by atoms with Gasteiger partial charge in [0, 0.05) is 37.6 Å². The Hall–Kier alpha value is -2.55. The van der Waals surface area contributed by atoms with E-state index >= 15 is 0 Å². The molecule has 1 fully saturated rings. The molecule has 1 amide bonds. The number of hydrogen-bond donors (Lipinski definition) is 0. The second-order valence-corrected chi connectivity index (χ2v) is 9.15. The number of amides is 1. The summed E-state index contributed by atoms with van der Waals surface area (Å²) in [7, 11) is 0. The van der Waals surface area contributed by atoms with Crippen LogP contribution in [-0.4, -0.2) is 36.2 Å². The summed E-state index contributed by atoms with van der Waals surface area (Å²) < 4.78 is 11.7. The Morgan fingerprint density at radius 3 is 2.57 bits per heavy atom. The zero-order valence-corrected chi connectivity index (χ0v) is 17.7. The van der Waals surface area contributed by atoms with E-state index in [1.54, 1.807) is 0 Å². The van der Waals surface area contributed by atoms with E-state index in [-0.39, 0.29) is 17.4 Å². The molecule has 0 N–H and O–H groups in total. The van der Waals surface area contributed by atoms with Crippen LogP contribution < -0.4 is 9.47 Å². The first-order valence-corrected chi connectivity index (χ1v) is 11.2. The second kappa shape index (κ2) is 7.30. The van der Waals surface area contributed by atoms with Gasteiger partial charge in [0.25, 0.3) is 0 Å². The van der Waals surface area contributed by atoms with Crippen molar-refractivity contribution in [2.75, 3.05) is 19.8 Å². The Morgan fingerprint density at radius 1 is 1.20 bits per heavy atom. The first-order chi connectivity index (χ1) is 14.6. The summed E-state index contributed by atoms with van der Waals surface area (Å²) in [5.74, 6) is 4.50. The molecule has 6 heteroatoms. The number of carbonyl (C=O) groups is 1. The van der Waals surface area contributed by atoms with Crippen LogP contribution in [0.2, 0.25) is 0 Å². The van der Waals surface area contributed by atoms with E-state index in [0.717, 1.165) is 37.3 Å². The van der Waals surface area contributed by atoms with Crippen LogP contribution in [0.25, 0.3) is 0 Å². The summed E-state index contributed by atoms with van der Waals surface area (Å²) in [5, 5.41) is 8.38. The normalized spacial score (nSPS) is 24.4. The van der Waals surface area contributed by atoms with Crippen molar-refractivity contribution in [1.29, 1.82) is 0 Å². The third-order valence-corrected chi connectivity index (χ3v) is 7.35. The van der Waals surface area contributed by atoms with E-state index in [1.165, 1.54) is 24.0 Å². The first kappa shape index (κ1) is 19.4. The fraction of sp³-hybridized carbons (Fsp3) is 0.625. The highest BCUT2D eigenvalue weighted by atomic mass is 16.6. The Bertz CT molecular complexity index is 920. The molecule has 3 aliphatic heterocycles. The maximum atomic E-state index is 13.3. The number of benzene rings is 1. The largest absolute Gasteiger partial charge is 0.486 e. The van der Waals surface area contributed by atoms with Crippen molar-refractivity contribution in [3.05, 3.63) is 23.3 Å². The molecule has 1 atom stereocenters. The molecule has 1 spiro atoms. The summed E-state index contributed by atoms with van der Waals surface area (Å²) in [4.78, 5) is 15.4. The van der Waals surface area contributed by atoms with Gasteiger partial charge in [0.1, 0.15) is 13.2 Å². The van der Waals surface area contributed by atoms with Crippen LogP contribution in [0.4, 0.5) is 0 Å². The molecule has 0 aromatic heterocycles. The van der Waals surface area contributed by atoms with Gasteiger partial charge in [0.05, 0.1) is 6.04 Å². The van der Waals surface area contributed by atoms with E-state index in [9.17, 15) is 4.79 Å². The predicted octanol–water partition coefficient (Wildman–Crippen LogP) is 4.53. The summed E-state index contributed by atoms with van der Waals surface area (Å²) in [5.41, 5.74) is 2.19. The lowest BCUT2D eigenvalue weighted by molar-refractivity contribution is -0.135. The Kier molecular flexibility index (Phi) is 4.72. The maximum absolute atomic E-state index is 13.3. The van der Waals surface area contributed by atoms with Crippen molar-refractivity contribution >= 4 is 5.91 Å². The molecule has 1 aromatic rings. The molecule has 30 heavy (non-hydrogen) atoms. The molecule has 3 heterocycles. The van der Waals surface area contributed by atoms with Crippen molar-refractivity contribution in [2.45, 2.75) is 75.4 Å². The minimum Gasteiger partial charge on any atom is -0.486 e. The third-order valence-electron chi connectivity index (χ3n) is 7.35. The van der Waals surface area contributed by atoms with Crippen LogP contribution in [0.15, 0.2) is 22.4 Å². The fourth-order valence-corrected chi connectivity index (χ4v) is 5.53. The van der Waals surface area contributed by atoms with Crippen molar-refractivity contribution < 1.29 is 14.3 Å². The lowest BCUT2D eigenvalue weighted by Crippen LogP contribution is -2.48. The minimum absolute atomic E-state index is 0.0179. The van der Waals surface area contributed by atoms with E-state index in [4.69, 9.17) is 15.9 Å².